The number of rotatable bonds is 11. The number of halogens is 1. The monoisotopic (exact) mass is 395 g/mol. The standard InChI is InChI=1S/C17H34INO/c1-2-3-4-5-6-7-8-9-11-14-17(18)19(20)15-12-10-13-16-19/h17H,2-16H2,1H3. The van der Waals surface area contributed by atoms with Crippen LogP contribution in [0.15, 0.2) is 0 Å². The number of nitrogens with zero attached hydrogens (tertiary/aromatic N) is 1. The Bertz CT molecular complexity index is 229. The summed E-state index contributed by atoms with van der Waals surface area (Å²) in [7, 11) is 0. The Morgan fingerprint density at radius 3 is 1.90 bits per heavy atom. The molecule has 0 amide bonds. The third kappa shape index (κ3) is 7.60. The molecule has 0 N–H and O–H groups in total. The zero-order chi connectivity index (χ0) is 14.7. The van der Waals surface area contributed by atoms with Gasteiger partial charge in [-0.2, -0.15) is 0 Å². The van der Waals surface area contributed by atoms with Gasteiger partial charge < -0.3 is 9.85 Å². The molecule has 0 aliphatic carbocycles. The van der Waals surface area contributed by atoms with Gasteiger partial charge in [0.05, 0.1) is 13.1 Å². The van der Waals surface area contributed by atoms with Gasteiger partial charge in [-0.05, 0) is 48.3 Å². The van der Waals surface area contributed by atoms with Gasteiger partial charge in [-0.1, -0.05) is 58.3 Å². The van der Waals surface area contributed by atoms with E-state index in [-0.39, 0.29) is 4.65 Å². The second-order valence-electron chi connectivity index (χ2n) is 6.51. The third-order valence-corrected chi connectivity index (χ3v) is 6.27. The van der Waals surface area contributed by atoms with E-state index in [4.69, 9.17) is 0 Å². The Labute approximate surface area is 140 Å². The lowest BCUT2D eigenvalue weighted by molar-refractivity contribution is -0.891. The molecule has 1 aliphatic rings. The molecule has 0 aromatic carbocycles. The van der Waals surface area contributed by atoms with Crippen molar-refractivity contribution in [3.05, 3.63) is 5.21 Å². The second kappa shape index (κ2) is 11.2. The minimum absolute atomic E-state index is 0.0948. The fourth-order valence-electron chi connectivity index (χ4n) is 3.19. The van der Waals surface area contributed by atoms with Crippen molar-refractivity contribution in [2.24, 2.45) is 0 Å². The van der Waals surface area contributed by atoms with Gasteiger partial charge in [0.15, 0.2) is 0 Å². The summed E-state index contributed by atoms with van der Waals surface area (Å²) in [5.41, 5.74) is 0. The van der Waals surface area contributed by atoms with Gasteiger partial charge in [-0.3, -0.25) is 0 Å². The summed E-state index contributed by atoms with van der Waals surface area (Å²) in [6, 6.07) is 0. The topological polar surface area (TPSA) is 23.1 Å². The minimum atomic E-state index is 0.0948. The molecule has 0 bridgehead atoms. The van der Waals surface area contributed by atoms with Crippen molar-refractivity contribution < 1.29 is 4.65 Å². The lowest BCUT2D eigenvalue weighted by Gasteiger charge is -2.49. The molecule has 1 heterocycles. The number of hydrogen-bond acceptors (Lipinski definition) is 1. The molecular formula is C17H34INO. The van der Waals surface area contributed by atoms with Crippen LogP contribution in [-0.2, 0) is 0 Å². The number of alkyl halides is 1. The minimum Gasteiger partial charge on any atom is -0.632 e. The maximum atomic E-state index is 12.6. The number of likely N-dealkylation sites (tertiary alicyclic amines) is 1. The quantitative estimate of drug-likeness (QED) is 0.103. The molecular weight excluding hydrogens is 361 g/mol. The van der Waals surface area contributed by atoms with E-state index in [0.717, 1.165) is 32.4 Å². The first kappa shape index (κ1) is 18.7. The summed E-state index contributed by atoms with van der Waals surface area (Å²) in [4.78, 5) is 0. The molecule has 20 heavy (non-hydrogen) atoms. The summed E-state index contributed by atoms with van der Waals surface area (Å²) < 4.78 is 0.398. The highest BCUT2D eigenvalue weighted by Gasteiger charge is 2.27. The molecule has 0 saturated carbocycles. The second-order valence-corrected chi connectivity index (χ2v) is 7.95. The first-order chi connectivity index (χ1) is 9.69. The van der Waals surface area contributed by atoms with E-state index < -0.39 is 0 Å². The first-order valence-corrected chi connectivity index (χ1v) is 10.2. The fraction of sp³-hybridized carbons (Fsp3) is 1.00. The molecule has 2 nitrogen and oxygen atoms in total. The Hall–Kier alpha value is 0.650. The molecule has 1 rings (SSSR count). The molecule has 0 aromatic heterocycles. The van der Waals surface area contributed by atoms with Crippen LogP contribution in [0.1, 0.15) is 90.4 Å². The van der Waals surface area contributed by atoms with E-state index in [1.807, 2.05) is 0 Å². The predicted octanol–water partition coefficient (Wildman–Crippen LogP) is 6.17. The Kier molecular flexibility index (Phi) is 10.5. The average molecular weight is 395 g/mol. The van der Waals surface area contributed by atoms with E-state index in [1.165, 1.54) is 64.2 Å². The van der Waals surface area contributed by atoms with Crippen molar-refractivity contribution >= 4 is 22.6 Å². The van der Waals surface area contributed by atoms with E-state index in [1.54, 1.807) is 0 Å². The number of unbranched alkanes of at least 4 members (excludes halogenated alkanes) is 8. The SMILES string of the molecule is CCCCCCCCCCCC(I)[N+]1([O-])CCCCC1. The van der Waals surface area contributed by atoms with Crippen molar-refractivity contribution in [2.75, 3.05) is 13.1 Å². The van der Waals surface area contributed by atoms with Crippen molar-refractivity contribution in [1.29, 1.82) is 0 Å². The third-order valence-electron chi connectivity index (χ3n) is 4.63. The van der Waals surface area contributed by atoms with E-state index in [0.29, 0.717) is 4.05 Å². The predicted molar refractivity (Wildman–Crippen MR) is 96.9 cm³/mol. The van der Waals surface area contributed by atoms with Crippen molar-refractivity contribution in [3.63, 3.8) is 0 Å². The summed E-state index contributed by atoms with van der Waals surface area (Å²) in [6.45, 7) is 4.00. The van der Waals surface area contributed by atoms with E-state index >= 15 is 0 Å². The molecule has 0 spiro atoms. The van der Waals surface area contributed by atoms with Gasteiger partial charge in [-0.25, -0.2) is 0 Å². The molecule has 0 radical (unpaired) electrons. The van der Waals surface area contributed by atoms with Gasteiger partial charge in [0.2, 0.25) is 0 Å². The van der Waals surface area contributed by atoms with Crippen LogP contribution in [-0.4, -0.2) is 21.8 Å². The molecule has 3 heteroatoms. The highest BCUT2D eigenvalue weighted by atomic mass is 127. The van der Waals surface area contributed by atoms with Gasteiger partial charge in [-0.15, -0.1) is 0 Å². The van der Waals surface area contributed by atoms with Crippen LogP contribution < -0.4 is 0 Å². The molecule has 0 aromatic rings. The number of piperidine rings is 1. The molecule has 1 atom stereocenters. The fourth-order valence-corrected chi connectivity index (χ4v) is 4.18. The van der Waals surface area contributed by atoms with E-state index in [9.17, 15) is 5.21 Å². The maximum Gasteiger partial charge on any atom is 0.139 e. The lowest BCUT2D eigenvalue weighted by Crippen LogP contribution is -2.50. The number of quaternary nitrogens is 1. The van der Waals surface area contributed by atoms with Crippen LogP contribution in [0.25, 0.3) is 0 Å². The molecule has 1 fully saturated rings. The van der Waals surface area contributed by atoms with Crippen LogP contribution in [0, 0.1) is 5.21 Å². The summed E-state index contributed by atoms with van der Waals surface area (Å²) in [5.74, 6) is 0. The lowest BCUT2D eigenvalue weighted by atomic mass is 10.1. The smallest absolute Gasteiger partial charge is 0.139 e. The van der Waals surface area contributed by atoms with Crippen LogP contribution in [0.3, 0.4) is 0 Å². The van der Waals surface area contributed by atoms with E-state index in [2.05, 4.69) is 29.5 Å². The molecule has 1 unspecified atom stereocenters. The van der Waals surface area contributed by atoms with Gasteiger partial charge in [0.1, 0.15) is 4.05 Å². The largest absolute Gasteiger partial charge is 0.632 e. The first-order valence-electron chi connectivity index (χ1n) is 8.91. The summed E-state index contributed by atoms with van der Waals surface area (Å²) in [5, 5.41) is 12.6. The van der Waals surface area contributed by atoms with Crippen LogP contribution in [0.2, 0.25) is 0 Å². The Morgan fingerprint density at radius 2 is 1.35 bits per heavy atom. The van der Waals surface area contributed by atoms with Crippen molar-refractivity contribution in [1.82, 2.24) is 0 Å². The van der Waals surface area contributed by atoms with Crippen LogP contribution >= 0.6 is 22.6 Å². The van der Waals surface area contributed by atoms with Gasteiger partial charge in [0, 0.05) is 6.42 Å². The molecule has 1 aliphatic heterocycles. The van der Waals surface area contributed by atoms with Crippen LogP contribution in [0.5, 0.6) is 0 Å². The normalized spacial score (nSPS) is 19.9. The zero-order valence-corrected chi connectivity index (χ0v) is 15.6. The Morgan fingerprint density at radius 1 is 0.850 bits per heavy atom. The highest BCUT2D eigenvalue weighted by molar-refractivity contribution is 14.1. The zero-order valence-electron chi connectivity index (χ0n) is 13.4. The highest BCUT2D eigenvalue weighted by Crippen LogP contribution is 2.28. The Balaban J connectivity index is 1.95. The maximum absolute atomic E-state index is 12.6. The van der Waals surface area contributed by atoms with Crippen molar-refractivity contribution in [3.8, 4) is 0 Å². The van der Waals surface area contributed by atoms with Crippen LogP contribution in [0.4, 0.5) is 0 Å². The summed E-state index contributed by atoms with van der Waals surface area (Å²) in [6.07, 6.45) is 17.0. The van der Waals surface area contributed by atoms with Crippen molar-refractivity contribution in [2.45, 2.75) is 94.4 Å². The van der Waals surface area contributed by atoms with Gasteiger partial charge in [0.25, 0.3) is 0 Å². The average Bonchev–Trinajstić information content (AvgIpc) is 2.46. The number of hydrogen-bond donors (Lipinski definition) is 0. The number of hydroxylamine groups is 3. The summed E-state index contributed by atoms with van der Waals surface area (Å²) >= 11 is 2.42. The van der Waals surface area contributed by atoms with Gasteiger partial charge >= 0.3 is 0 Å². The molecule has 120 valence electrons. The molecule has 1 saturated heterocycles.